The Kier molecular flexibility index (Phi) is 3.10. The highest BCUT2D eigenvalue weighted by molar-refractivity contribution is 7.94. The normalized spacial score (nSPS) is 17.4. The minimum atomic E-state index is -3.52. The lowest BCUT2D eigenvalue weighted by molar-refractivity contribution is -0.121. The zero-order valence-electron chi connectivity index (χ0n) is 10.9. The predicted octanol–water partition coefficient (Wildman–Crippen LogP) is 0.0856. The van der Waals surface area contributed by atoms with Crippen LogP contribution in [0, 0.1) is 11.5 Å². The third-order valence-electron chi connectivity index (χ3n) is 3.36. The first-order chi connectivity index (χ1) is 10.0. The van der Waals surface area contributed by atoms with E-state index in [0.29, 0.717) is 36.5 Å². The standard InChI is InChI=1S/C12H12N4O4S/c13-7-14-11(17)6-20-10-4-3-9-12-8(10)2-1-5-16(12)21(18,19)15-9/h3-4,15H,1-2,5-6H2,(H,14,17). The molecule has 3 rings (SSSR count). The van der Waals surface area contributed by atoms with Crippen molar-refractivity contribution in [2.75, 3.05) is 22.2 Å². The van der Waals surface area contributed by atoms with Crippen molar-refractivity contribution in [2.45, 2.75) is 12.8 Å². The summed E-state index contributed by atoms with van der Waals surface area (Å²) >= 11 is 0. The van der Waals surface area contributed by atoms with Gasteiger partial charge in [-0.3, -0.25) is 19.1 Å². The summed E-state index contributed by atoms with van der Waals surface area (Å²) in [6, 6.07) is 3.24. The lowest BCUT2D eigenvalue weighted by Gasteiger charge is -2.25. The lowest BCUT2D eigenvalue weighted by atomic mass is 10.0. The zero-order chi connectivity index (χ0) is 15.0. The van der Waals surface area contributed by atoms with Gasteiger partial charge in [-0.05, 0) is 25.0 Å². The number of hydrogen-bond acceptors (Lipinski definition) is 5. The second-order valence-electron chi connectivity index (χ2n) is 4.67. The van der Waals surface area contributed by atoms with Crippen molar-refractivity contribution in [1.82, 2.24) is 5.32 Å². The number of amides is 1. The highest BCUT2D eigenvalue weighted by Gasteiger charge is 2.37. The molecule has 2 N–H and O–H groups in total. The number of nitrogens with one attached hydrogen (secondary N) is 2. The fraction of sp³-hybridized carbons (Fsp3) is 0.333. The average molecular weight is 308 g/mol. The molecule has 0 radical (unpaired) electrons. The van der Waals surface area contributed by atoms with Crippen LogP contribution in [0.1, 0.15) is 12.0 Å². The molecular weight excluding hydrogens is 296 g/mol. The van der Waals surface area contributed by atoms with Gasteiger partial charge in [0.15, 0.2) is 12.8 Å². The average Bonchev–Trinajstić information content (AvgIpc) is 2.72. The molecule has 0 fully saturated rings. The quantitative estimate of drug-likeness (QED) is 0.607. The molecule has 1 amide bonds. The van der Waals surface area contributed by atoms with E-state index >= 15 is 0 Å². The van der Waals surface area contributed by atoms with E-state index in [0.717, 1.165) is 5.56 Å². The van der Waals surface area contributed by atoms with Crippen LogP contribution in [0.15, 0.2) is 12.1 Å². The number of carbonyl (C=O) groups excluding carboxylic acids is 1. The number of carbonyl (C=O) groups is 1. The SMILES string of the molecule is N#CNC(=O)COc1ccc2c3c1CCCN3S(=O)(=O)N2. The van der Waals surface area contributed by atoms with Crippen LogP contribution in [0.25, 0.3) is 0 Å². The molecule has 0 aromatic heterocycles. The number of hydrogen-bond donors (Lipinski definition) is 2. The summed E-state index contributed by atoms with van der Waals surface area (Å²) in [5.74, 6) is -0.0888. The minimum Gasteiger partial charge on any atom is -0.483 e. The van der Waals surface area contributed by atoms with E-state index in [2.05, 4.69) is 4.72 Å². The van der Waals surface area contributed by atoms with Crippen LogP contribution in [0.3, 0.4) is 0 Å². The highest BCUT2D eigenvalue weighted by Crippen LogP contribution is 2.45. The second-order valence-corrected chi connectivity index (χ2v) is 6.26. The number of anilines is 2. The molecule has 1 aromatic rings. The zero-order valence-corrected chi connectivity index (χ0v) is 11.7. The summed E-state index contributed by atoms with van der Waals surface area (Å²) in [4.78, 5) is 11.3. The summed E-state index contributed by atoms with van der Waals surface area (Å²) in [5.41, 5.74) is 1.88. The number of benzene rings is 1. The van der Waals surface area contributed by atoms with Crippen molar-refractivity contribution in [3.05, 3.63) is 17.7 Å². The van der Waals surface area contributed by atoms with E-state index in [9.17, 15) is 13.2 Å². The van der Waals surface area contributed by atoms with Gasteiger partial charge in [-0.1, -0.05) is 0 Å². The maximum atomic E-state index is 12.0. The molecule has 1 aromatic carbocycles. The molecule has 0 aliphatic carbocycles. The minimum absolute atomic E-state index is 0.292. The Balaban J connectivity index is 1.92. The second kappa shape index (κ2) is 4.82. The van der Waals surface area contributed by atoms with Crippen molar-refractivity contribution in [1.29, 1.82) is 5.26 Å². The molecule has 2 heterocycles. The molecule has 2 aliphatic heterocycles. The van der Waals surface area contributed by atoms with E-state index in [-0.39, 0.29) is 6.61 Å². The Hall–Kier alpha value is -2.47. The highest BCUT2D eigenvalue weighted by atomic mass is 32.2. The summed E-state index contributed by atoms with van der Waals surface area (Å²) < 4.78 is 33.2. The third kappa shape index (κ3) is 2.23. The van der Waals surface area contributed by atoms with Crippen molar-refractivity contribution in [3.8, 4) is 11.9 Å². The molecule has 110 valence electrons. The van der Waals surface area contributed by atoms with E-state index in [1.54, 1.807) is 12.1 Å². The third-order valence-corrected chi connectivity index (χ3v) is 4.78. The van der Waals surface area contributed by atoms with Gasteiger partial charge in [0.1, 0.15) is 5.75 Å². The van der Waals surface area contributed by atoms with Gasteiger partial charge in [-0.25, -0.2) is 0 Å². The smallest absolute Gasteiger partial charge is 0.324 e. The molecule has 0 saturated carbocycles. The molecule has 0 atom stereocenters. The maximum Gasteiger partial charge on any atom is 0.324 e. The fourth-order valence-corrected chi connectivity index (χ4v) is 3.92. The molecule has 21 heavy (non-hydrogen) atoms. The molecule has 0 spiro atoms. The summed E-state index contributed by atoms with van der Waals surface area (Å²) in [6.07, 6.45) is 2.88. The molecule has 2 aliphatic rings. The van der Waals surface area contributed by atoms with Crippen LogP contribution in [0.5, 0.6) is 5.75 Å². The summed E-state index contributed by atoms with van der Waals surface area (Å²) in [6.45, 7) is 0.132. The van der Waals surface area contributed by atoms with Gasteiger partial charge < -0.3 is 4.74 Å². The molecule has 0 unspecified atom stereocenters. The molecule has 0 bridgehead atoms. The van der Waals surface area contributed by atoms with Crippen LogP contribution in [0.2, 0.25) is 0 Å². The number of ether oxygens (including phenoxy) is 1. The Labute approximate surface area is 121 Å². The van der Waals surface area contributed by atoms with Crippen LogP contribution < -0.4 is 19.1 Å². The first-order valence-corrected chi connectivity index (χ1v) is 7.74. The van der Waals surface area contributed by atoms with Crippen LogP contribution >= 0.6 is 0 Å². The Morgan fingerprint density at radius 2 is 2.33 bits per heavy atom. The topological polar surface area (TPSA) is 112 Å². The Morgan fingerprint density at radius 3 is 3.10 bits per heavy atom. The lowest BCUT2D eigenvalue weighted by Crippen LogP contribution is -2.33. The van der Waals surface area contributed by atoms with Crippen LogP contribution in [0.4, 0.5) is 11.4 Å². The summed E-state index contributed by atoms with van der Waals surface area (Å²) in [7, 11) is -3.52. The monoisotopic (exact) mass is 308 g/mol. The van der Waals surface area contributed by atoms with Gasteiger partial charge >= 0.3 is 10.2 Å². The Morgan fingerprint density at radius 1 is 1.52 bits per heavy atom. The largest absolute Gasteiger partial charge is 0.483 e. The first-order valence-electron chi connectivity index (χ1n) is 6.30. The van der Waals surface area contributed by atoms with Gasteiger partial charge in [0.2, 0.25) is 0 Å². The molecular formula is C12H12N4O4S. The molecule has 9 heteroatoms. The van der Waals surface area contributed by atoms with Crippen LogP contribution in [-0.4, -0.2) is 27.5 Å². The number of rotatable bonds is 3. The van der Waals surface area contributed by atoms with E-state index in [1.165, 1.54) is 10.5 Å². The van der Waals surface area contributed by atoms with Gasteiger partial charge in [-0.2, -0.15) is 13.7 Å². The predicted molar refractivity (Wildman–Crippen MR) is 73.9 cm³/mol. The van der Waals surface area contributed by atoms with Crippen molar-refractivity contribution in [3.63, 3.8) is 0 Å². The fourth-order valence-electron chi connectivity index (χ4n) is 2.55. The van der Waals surface area contributed by atoms with Gasteiger partial charge in [0.05, 0.1) is 11.4 Å². The molecule has 8 nitrogen and oxygen atoms in total. The van der Waals surface area contributed by atoms with E-state index in [4.69, 9.17) is 10.00 Å². The number of nitrogens with zero attached hydrogens (tertiary/aromatic N) is 2. The maximum absolute atomic E-state index is 12.0. The number of nitriles is 1. The first kappa shape index (κ1) is 13.5. The van der Waals surface area contributed by atoms with Gasteiger partial charge in [0, 0.05) is 12.1 Å². The van der Waals surface area contributed by atoms with Crippen molar-refractivity contribution >= 4 is 27.5 Å². The van der Waals surface area contributed by atoms with Crippen LogP contribution in [-0.2, 0) is 21.4 Å². The summed E-state index contributed by atoms with van der Waals surface area (Å²) in [5, 5.41) is 10.3. The Bertz CT molecular complexity index is 753. The van der Waals surface area contributed by atoms with E-state index in [1.807, 2.05) is 5.32 Å². The van der Waals surface area contributed by atoms with Gasteiger partial charge in [-0.15, -0.1) is 0 Å². The van der Waals surface area contributed by atoms with Gasteiger partial charge in [0.25, 0.3) is 5.91 Å². The molecule has 0 saturated heterocycles. The van der Waals surface area contributed by atoms with E-state index < -0.39 is 16.1 Å². The van der Waals surface area contributed by atoms with Crippen molar-refractivity contribution < 1.29 is 17.9 Å². The van der Waals surface area contributed by atoms with Crippen molar-refractivity contribution in [2.24, 2.45) is 0 Å².